The highest BCUT2D eigenvalue weighted by Gasteiger charge is 2.46. The smallest absolute Gasteiger partial charge is 0.325 e. The summed E-state index contributed by atoms with van der Waals surface area (Å²) in [5.74, 6) is 1.79. The van der Waals surface area contributed by atoms with Crippen LogP contribution in [0.1, 0.15) is 51.5 Å². The van der Waals surface area contributed by atoms with Crippen molar-refractivity contribution < 1.29 is 13.9 Å². The first kappa shape index (κ1) is 25.3. The Bertz CT molecular complexity index is 1480. The number of hydrogen-bond donors (Lipinski definition) is 1. The summed E-state index contributed by atoms with van der Waals surface area (Å²) in [6, 6.07) is 18.4. The Labute approximate surface area is 224 Å². The summed E-state index contributed by atoms with van der Waals surface area (Å²) in [5, 5.41) is 5.98. The molecule has 0 bridgehead atoms. The van der Waals surface area contributed by atoms with E-state index in [0.29, 0.717) is 38.6 Å². The maximum Gasteiger partial charge on any atom is 0.325 e. The number of benzene rings is 2. The predicted octanol–water partition coefficient (Wildman–Crippen LogP) is 6.22. The lowest BCUT2D eigenvalue weighted by Crippen LogP contribution is -2.60. The molecule has 1 unspecified atom stereocenters. The van der Waals surface area contributed by atoms with Crippen molar-refractivity contribution in [2.45, 2.75) is 50.9 Å². The number of carbonyl (C=O) groups is 1. The number of para-hydroxylation sites is 1. The van der Waals surface area contributed by atoms with Crippen molar-refractivity contribution in [2.24, 2.45) is 0 Å². The summed E-state index contributed by atoms with van der Waals surface area (Å²) < 4.78 is 7.92. The van der Waals surface area contributed by atoms with Gasteiger partial charge < -0.3 is 4.42 Å². The highest BCUT2D eigenvalue weighted by molar-refractivity contribution is 7.99. The van der Waals surface area contributed by atoms with E-state index in [4.69, 9.17) is 21.1 Å². The molecule has 37 heavy (non-hydrogen) atoms. The van der Waals surface area contributed by atoms with Gasteiger partial charge in [0.25, 0.3) is 0 Å². The molecule has 190 valence electrons. The number of halogens is 1. The van der Waals surface area contributed by atoms with Gasteiger partial charge in [0.2, 0.25) is 11.1 Å². The minimum absolute atomic E-state index is 0.184. The van der Waals surface area contributed by atoms with E-state index in [1.807, 2.05) is 48.5 Å². The van der Waals surface area contributed by atoms with Crippen LogP contribution < -0.4 is 15.1 Å². The van der Waals surface area contributed by atoms with Crippen LogP contribution in [0.3, 0.4) is 0 Å². The van der Waals surface area contributed by atoms with Crippen LogP contribution in [-0.2, 0) is 4.79 Å². The first-order valence-electron chi connectivity index (χ1n) is 12.4. The van der Waals surface area contributed by atoms with Gasteiger partial charge in [-0.3, -0.25) is 14.6 Å². The van der Waals surface area contributed by atoms with Crippen LogP contribution in [0.2, 0.25) is 5.02 Å². The lowest BCUT2D eigenvalue weighted by Gasteiger charge is -2.30. The maximum absolute atomic E-state index is 13.4. The van der Waals surface area contributed by atoms with Gasteiger partial charge in [-0.2, -0.15) is 0 Å². The number of thioether (sulfide) groups is 1. The highest BCUT2D eigenvalue weighted by atomic mass is 35.5. The molecule has 1 atom stereocenters. The number of rotatable bonds is 8. The minimum Gasteiger partial charge on any atom is -0.452 e. The molecule has 0 radical (unpaired) electrons. The van der Waals surface area contributed by atoms with Gasteiger partial charge in [-0.1, -0.05) is 61.7 Å². The number of carbonyl (C=O) groups excluding carboxylic acids is 1. The molecule has 2 aromatic carbocycles. The fraction of sp³-hybridized carbons (Fsp3) is 0.286. The number of amides is 1. The fourth-order valence-corrected chi connectivity index (χ4v) is 5.57. The summed E-state index contributed by atoms with van der Waals surface area (Å²) >= 11 is 7.57. The Balaban J connectivity index is 1.61. The summed E-state index contributed by atoms with van der Waals surface area (Å²) in [6.07, 6.45) is 3.77. The van der Waals surface area contributed by atoms with Crippen LogP contribution in [0.5, 0.6) is 0 Å². The molecule has 0 aliphatic carbocycles. The van der Waals surface area contributed by atoms with E-state index in [-0.39, 0.29) is 11.5 Å². The number of nitrogens with one attached hydrogen (secondary N) is 1. The Morgan fingerprint density at radius 1 is 1.11 bits per heavy atom. The monoisotopic (exact) mass is 535 g/mol. The van der Waals surface area contributed by atoms with Crippen molar-refractivity contribution >= 4 is 35.0 Å². The Kier molecular flexibility index (Phi) is 7.48. The van der Waals surface area contributed by atoms with Crippen molar-refractivity contribution in [3.05, 3.63) is 81.8 Å². The third kappa shape index (κ3) is 5.08. The number of aromatic amines is 1. The van der Waals surface area contributed by atoms with Gasteiger partial charge in [-0.05, 0) is 59.6 Å². The highest BCUT2D eigenvalue weighted by Crippen LogP contribution is 2.38. The molecule has 7 nitrogen and oxygen atoms in total. The number of anilines is 1. The lowest BCUT2D eigenvalue weighted by molar-refractivity contribution is -0.764. The van der Waals surface area contributed by atoms with Crippen LogP contribution in [0.25, 0.3) is 22.6 Å². The maximum atomic E-state index is 13.4. The van der Waals surface area contributed by atoms with Crippen LogP contribution in [0.4, 0.5) is 5.69 Å². The quantitative estimate of drug-likeness (QED) is 0.164. The molecule has 2 aromatic heterocycles. The summed E-state index contributed by atoms with van der Waals surface area (Å²) in [6.45, 7) is 3.69. The molecule has 1 aliphatic heterocycles. The molecular weight excluding hydrogens is 508 g/mol. The lowest BCUT2D eigenvalue weighted by atomic mass is 10.0. The van der Waals surface area contributed by atoms with Crippen molar-refractivity contribution in [3.63, 3.8) is 0 Å². The van der Waals surface area contributed by atoms with E-state index in [2.05, 4.69) is 11.9 Å². The second kappa shape index (κ2) is 10.9. The van der Waals surface area contributed by atoms with Gasteiger partial charge in [0.05, 0.1) is 11.3 Å². The molecule has 0 saturated heterocycles. The van der Waals surface area contributed by atoms with Gasteiger partial charge in [0.15, 0.2) is 5.76 Å². The molecule has 1 amide bonds. The van der Waals surface area contributed by atoms with Crippen molar-refractivity contribution in [3.8, 4) is 22.6 Å². The largest absolute Gasteiger partial charge is 0.452 e. The van der Waals surface area contributed by atoms with E-state index in [1.54, 1.807) is 21.7 Å². The topological polar surface area (TPSA) is 83.1 Å². The van der Waals surface area contributed by atoms with E-state index < -0.39 is 6.17 Å². The van der Waals surface area contributed by atoms with Crippen molar-refractivity contribution in [1.29, 1.82) is 0 Å². The number of unbranched alkanes of at least 4 members (excludes halogenated alkanes) is 3. The van der Waals surface area contributed by atoms with Gasteiger partial charge >= 0.3 is 17.4 Å². The van der Waals surface area contributed by atoms with Crippen LogP contribution in [0, 0.1) is 0 Å². The number of furan rings is 1. The average molecular weight is 536 g/mol. The zero-order valence-corrected chi connectivity index (χ0v) is 22.3. The number of aromatic nitrogens is 3. The molecule has 4 aromatic rings. The van der Waals surface area contributed by atoms with Crippen LogP contribution in [0.15, 0.2) is 75.0 Å². The van der Waals surface area contributed by atoms with Crippen LogP contribution in [-0.4, -0.2) is 21.7 Å². The third-order valence-corrected chi connectivity index (χ3v) is 7.55. The molecule has 0 saturated carbocycles. The predicted molar refractivity (Wildman–Crippen MR) is 146 cm³/mol. The van der Waals surface area contributed by atoms with Gasteiger partial charge in [-0.15, -0.1) is 0 Å². The zero-order valence-electron chi connectivity index (χ0n) is 20.7. The number of nitrogens with zero attached hydrogens (tertiary/aromatic N) is 3. The summed E-state index contributed by atoms with van der Waals surface area (Å²) in [7, 11) is 0. The molecule has 0 spiro atoms. The first-order chi connectivity index (χ1) is 18.0. The average Bonchev–Trinajstić information content (AvgIpc) is 3.37. The van der Waals surface area contributed by atoms with E-state index >= 15 is 0 Å². The Hall–Kier alpha value is -3.36. The van der Waals surface area contributed by atoms with E-state index in [1.165, 1.54) is 25.1 Å². The van der Waals surface area contributed by atoms with Crippen LogP contribution >= 0.6 is 23.4 Å². The van der Waals surface area contributed by atoms with Gasteiger partial charge in [0, 0.05) is 28.4 Å². The summed E-state index contributed by atoms with van der Waals surface area (Å²) in [4.78, 5) is 31.0. The van der Waals surface area contributed by atoms with E-state index in [9.17, 15) is 9.59 Å². The molecule has 3 heterocycles. The Morgan fingerprint density at radius 2 is 1.89 bits per heavy atom. The number of H-pyrrole nitrogens is 1. The summed E-state index contributed by atoms with van der Waals surface area (Å²) in [5.41, 5.74) is 2.27. The Morgan fingerprint density at radius 3 is 2.65 bits per heavy atom. The third-order valence-electron chi connectivity index (χ3n) is 6.34. The molecule has 5 rings (SSSR count). The normalized spacial score (nSPS) is 14.4. The molecule has 1 N–H and O–H groups in total. The first-order valence-corrected chi connectivity index (χ1v) is 13.8. The van der Waals surface area contributed by atoms with E-state index in [0.717, 1.165) is 30.6 Å². The zero-order chi connectivity index (χ0) is 25.9. The van der Waals surface area contributed by atoms with Gasteiger partial charge in [0.1, 0.15) is 5.76 Å². The second-order valence-corrected chi connectivity index (χ2v) is 10.5. The minimum atomic E-state index is -0.759. The molecular formula is C28H28ClN4O3S+. The standard InChI is InChI=1S/C28H27ClN4O3S/c1-3-4-5-8-17-37-28-30-26(35)25-21-9-6-7-10-22(21)32(18(2)34)27(33(25)31-28)24-16-15-23(36-24)19-11-13-20(29)14-12-19/h6-7,9-16,27H,3-5,8,17H2,1-2H3/p+1. The SMILES string of the molecule is CCCCCCSc1n[n+]2c(c(=O)[nH]1)-c1ccccc1N(C(C)=O)C2c1ccc(-c2ccc(Cl)cc2)o1. The molecule has 9 heteroatoms. The van der Waals surface area contributed by atoms with Crippen molar-refractivity contribution in [2.75, 3.05) is 10.7 Å². The second-order valence-electron chi connectivity index (χ2n) is 8.95. The number of hydrogen-bond acceptors (Lipinski definition) is 5. The molecule has 0 fully saturated rings. The molecule has 1 aliphatic rings. The van der Waals surface area contributed by atoms with Gasteiger partial charge in [-0.25, -0.2) is 4.90 Å². The number of fused-ring (bicyclic) bond motifs is 3. The fourth-order valence-electron chi connectivity index (χ4n) is 4.59. The van der Waals surface area contributed by atoms with Crippen molar-refractivity contribution in [1.82, 2.24) is 10.1 Å².